The lowest BCUT2D eigenvalue weighted by molar-refractivity contribution is 0.0133. The van der Waals surface area contributed by atoms with Crippen molar-refractivity contribution in [3.05, 3.63) is 77.9 Å². The molecule has 0 radical (unpaired) electrons. The highest BCUT2D eigenvalue weighted by Crippen LogP contribution is 2.37. The lowest BCUT2D eigenvalue weighted by Crippen LogP contribution is -2.41. The van der Waals surface area contributed by atoms with E-state index in [1.807, 2.05) is 31.2 Å². The molecular formula is C20H21F2N3O2S. The first kappa shape index (κ1) is 20.3. The second-order valence-corrected chi connectivity index (χ2v) is 7.77. The van der Waals surface area contributed by atoms with Gasteiger partial charge in [-0.3, -0.25) is 0 Å². The number of aliphatic hydroxyl groups is 1. The van der Waals surface area contributed by atoms with E-state index >= 15 is 0 Å². The lowest BCUT2D eigenvalue weighted by Gasteiger charge is -2.34. The molecule has 0 saturated heterocycles. The van der Waals surface area contributed by atoms with Gasteiger partial charge in [-0.1, -0.05) is 25.1 Å². The number of hydrogen-bond acceptors (Lipinski definition) is 5. The molecule has 0 amide bonds. The lowest BCUT2D eigenvalue weighted by atomic mass is 9.90. The number of benzene rings is 2. The number of methoxy groups -OCH3 is 1. The van der Waals surface area contributed by atoms with Gasteiger partial charge in [-0.05, 0) is 23.8 Å². The smallest absolute Gasteiger partial charge is 0.137 e. The average Bonchev–Trinajstić information content (AvgIpc) is 3.19. The third-order valence-electron chi connectivity index (χ3n) is 4.60. The fourth-order valence-electron chi connectivity index (χ4n) is 2.92. The normalized spacial score (nSPS) is 14.5. The molecule has 3 rings (SSSR count). The van der Waals surface area contributed by atoms with Crippen molar-refractivity contribution in [1.82, 2.24) is 14.8 Å². The summed E-state index contributed by atoms with van der Waals surface area (Å²) in [5.41, 5.74) is -0.540. The Morgan fingerprint density at radius 3 is 2.57 bits per heavy atom. The van der Waals surface area contributed by atoms with E-state index in [1.54, 1.807) is 7.11 Å². The van der Waals surface area contributed by atoms with Crippen molar-refractivity contribution >= 4 is 11.8 Å². The number of ether oxygens (including phenoxy) is 1. The van der Waals surface area contributed by atoms with E-state index < -0.39 is 22.5 Å². The summed E-state index contributed by atoms with van der Waals surface area (Å²) in [6, 6.07) is 10.8. The SMILES string of the molecule is COc1ccc(CS[C@H](C)C(O)(Cn2cncn2)c2ccc(F)cc2F)cc1. The number of thioether (sulfide) groups is 1. The molecule has 0 spiro atoms. The van der Waals surface area contributed by atoms with Gasteiger partial charge in [-0.15, -0.1) is 0 Å². The maximum absolute atomic E-state index is 14.5. The summed E-state index contributed by atoms with van der Waals surface area (Å²) in [7, 11) is 1.60. The summed E-state index contributed by atoms with van der Waals surface area (Å²) in [6.45, 7) is 1.81. The van der Waals surface area contributed by atoms with Crippen LogP contribution in [0.3, 0.4) is 0 Å². The Hall–Kier alpha value is -2.45. The minimum atomic E-state index is -1.61. The van der Waals surface area contributed by atoms with Gasteiger partial charge in [0.1, 0.15) is 35.6 Å². The van der Waals surface area contributed by atoms with Gasteiger partial charge >= 0.3 is 0 Å². The van der Waals surface area contributed by atoms with Crippen molar-refractivity contribution in [3.63, 3.8) is 0 Å². The van der Waals surface area contributed by atoms with Crippen LogP contribution in [-0.2, 0) is 17.9 Å². The van der Waals surface area contributed by atoms with Crippen LogP contribution in [0.1, 0.15) is 18.1 Å². The van der Waals surface area contributed by atoms with Crippen molar-refractivity contribution < 1.29 is 18.6 Å². The van der Waals surface area contributed by atoms with Crippen molar-refractivity contribution in [1.29, 1.82) is 0 Å². The van der Waals surface area contributed by atoms with Gasteiger partial charge < -0.3 is 9.84 Å². The molecule has 5 nitrogen and oxygen atoms in total. The van der Waals surface area contributed by atoms with Crippen LogP contribution in [0, 0.1) is 11.6 Å². The molecule has 0 saturated carbocycles. The van der Waals surface area contributed by atoms with Crippen LogP contribution in [0.4, 0.5) is 8.78 Å². The predicted octanol–water partition coefficient (Wildman–Crippen LogP) is 3.77. The van der Waals surface area contributed by atoms with E-state index in [-0.39, 0.29) is 12.1 Å². The molecule has 0 aliphatic rings. The minimum Gasteiger partial charge on any atom is -0.497 e. The fourth-order valence-corrected chi connectivity index (χ4v) is 4.03. The molecule has 148 valence electrons. The molecule has 1 heterocycles. The largest absolute Gasteiger partial charge is 0.497 e. The van der Waals surface area contributed by atoms with Gasteiger partial charge in [0.25, 0.3) is 0 Å². The zero-order chi connectivity index (χ0) is 20.1. The van der Waals surface area contributed by atoms with Crippen LogP contribution in [-0.4, -0.2) is 32.2 Å². The summed E-state index contributed by atoms with van der Waals surface area (Å²) in [5.74, 6) is -0.117. The van der Waals surface area contributed by atoms with Crippen LogP contribution in [0.15, 0.2) is 55.1 Å². The van der Waals surface area contributed by atoms with E-state index in [0.29, 0.717) is 5.75 Å². The van der Waals surface area contributed by atoms with Crippen LogP contribution >= 0.6 is 11.8 Å². The highest BCUT2D eigenvalue weighted by atomic mass is 32.2. The topological polar surface area (TPSA) is 60.2 Å². The highest BCUT2D eigenvalue weighted by Gasteiger charge is 2.39. The van der Waals surface area contributed by atoms with Crippen molar-refractivity contribution in [2.75, 3.05) is 7.11 Å². The van der Waals surface area contributed by atoms with Gasteiger partial charge in [0, 0.05) is 22.6 Å². The van der Waals surface area contributed by atoms with E-state index in [4.69, 9.17) is 4.74 Å². The van der Waals surface area contributed by atoms with E-state index in [1.165, 1.54) is 35.2 Å². The standard InChI is InChI=1S/C20H21F2N3O2S/c1-14(28-10-15-3-6-17(27-2)7-4-15)20(26,11-25-13-23-12-24-25)18-8-5-16(21)9-19(18)22/h3-9,12-14,26H,10-11H2,1-2H3/t14-,20?/m1/s1. The molecule has 1 aromatic heterocycles. The number of halogens is 2. The van der Waals surface area contributed by atoms with Gasteiger partial charge in [0.2, 0.25) is 0 Å². The van der Waals surface area contributed by atoms with Crippen molar-refractivity contribution in [3.8, 4) is 5.75 Å². The Bertz CT molecular complexity index is 906. The van der Waals surface area contributed by atoms with Crippen molar-refractivity contribution in [2.24, 2.45) is 0 Å². The van der Waals surface area contributed by atoms with Crippen LogP contribution in [0.5, 0.6) is 5.75 Å². The number of aromatic nitrogens is 3. The Labute approximate surface area is 166 Å². The number of hydrogen-bond donors (Lipinski definition) is 1. The molecular weight excluding hydrogens is 384 g/mol. The van der Waals surface area contributed by atoms with Crippen LogP contribution < -0.4 is 4.74 Å². The molecule has 0 aliphatic carbocycles. The van der Waals surface area contributed by atoms with Crippen molar-refractivity contribution in [2.45, 2.75) is 30.1 Å². The first-order valence-electron chi connectivity index (χ1n) is 8.67. The van der Waals surface area contributed by atoms with Gasteiger partial charge in [-0.2, -0.15) is 16.9 Å². The Kier molecular flexibility index (Phi) is 6.31. The Morgan fingerprint density at radius 1 is 1.21 bits per heavy atom. The van der Waals surface area contributed by atoms with Gasteiger partial charge in [0.15, 0.2) is 0 Å². The second-order valence-electron chi connectivity index (χ2n) is 6.44. The molecule has 2 atom stereocenters. The molecule has 3 aromatic rings. The third kappa shape index (κ3) is 4.51. The van der Waals surface area contributed by atoms with Gasteiger partial charge in [-0.25, -0.2) is 18.4 Å². The van der Waals surface area contributed by atoms with E-state index in [2.05, 4.69) is 10.1 Å². The second kappa shape index (κ2) is 8.70. The molecule has 28 heavy (non-hydrogen) atoms. The summed E-state index contributed by atoms with van der Waals surface area (Å²) in [4.78, 5) is 3.87. The summed E-state index contributed by atoms with van der Waals surface area (Å²) < 4.78 is 34.5. The molecule has 8 heteroatoms. The molecule has 1 unspecified atom stereocenters. The minimum absolute atomic E-state index is 0.00761. The monoisotopic (exact) mass is 405 g/mol. The predicted molar refractivity (Wildman–Crippen MR) is 104 cm³/mol. The molecule has 0 fully saturated rings. The third-order valence-corrected chi connectivity index (χ3v) is 5.99. The number of nitrogens with zero attached hydrogens (tertiary/aromatic N) is 3. The first-order valence-corrected chi connectivity index (χ1v) is 9.72. The maximum atomic E-state index is 14.5. The maximum Gasteiger partial charge on any atom is 0.137 e. The van der Waals surface area contributed by atoms with Gasteiger partial charge in [0.05, 0.1) is 13.7 Å². The Balaban J connectivity index is 1.84. The quantitative estimate of drug-likeness (QED) is 0.618. The number of rotatable bonds is 8. The van der Waals surface area contributed by atoms with Crippen LogP contribution in [0.2, 0.25) is 0 Å². The van der Waals surface area contributed by atoms with Crippen LogP contribution in [0.25, 0.3) is 0 Å². The zero-order valence-corrected chi connectivity index (χ0v) is 16.4. The highest BCUT2D eigenvalue weighted by molar-refractivity contribution is 7.99. The fraction of sp³-hybridized carbons (Fsp3) is 0.300. The van der Waals surface area contributed by atoms with E-state index in [0.717, 1.165) is 23.4 Å². The molecule has 0 bridgehead atoms. The molecule has 1 N–H and O–H groups in total. The molecule has 0 aliphatic heterocycles. The summed E-state index contributed by atoms with van der Waals surface area (Å²) >= 11 is 1.47. The first-order chi connectivity index (χ1) is 13.4. The molecule has 2 aromatic carbocycles. The summed E-state index contributed by atoms with van der Waals surface area (Å²) in [6.07, 6.45) is 2.80. The Morgan fingerprint density at radius 2 is 1.96 bits per heavy atom. The average molecular weight is 405 g/mol. The van der Waals surface area contributed by atoms with E-state index in [9.17, 15) is 13.9 Å². The summed E-state index contributed by atoms with van der Waals surface area (Å²) in [5, 5.41) is 15.1. The zero-order valence-electron chi connectivity index (χ0n) is 15.5.